The Kier molecular flexibility index (Phi) is 5.88. The van der Waals surface area contributed by atoms with Crippen molar-refractivity contribution in [3.8, 4) is 0 Å². The van der Waals surface area contributed by atoms with Gasteiger partial charge in [-0.15, -0.1) is 0 Å². The summed E-state index contributed by atoms with van der Waals surface area (Å²) in [4.78, 5) is 32.4. The Morgan fingerprint density at radius 1 is 1.24 bits per heavy atom. The second-order valence-electron chi connectivity index (χ2n) is 7.67. The number of carbonyl (C=O) groups is 2. The predicted octanol–water partition coefficient (Wildman–Crippen LogP) is 4.49. The number of aromatic nitrogens is 3. The van der Waals surface area contributed by atoms with Crippen molar-refractivity contribution in [3.63, 3.8) is 0 Å². The highest BCUT2D eigenvalue weighted by Gasteiger charge is 2.26. The quantitative estimate of drug-likeness (QED) is 0.470. The van der Waals surface area contributed by atoms with E-state index in [2.05, 4.69) is 9.97 Å². The van der Waals surface area contributed by atoms with Gasteiger partial charge in [0.15, 0.2) is 0 Å². The number of benzene rings is 1. The van der Waals surface area contributed by atoms with Crippen molar-refractivity contribution < 1.29 is 19.4 Å². The van der Waals surface area contributed by atoms with Crippen LogP contribution in [0.1, 0.15) is 55.7 Å². The van der Waals surface area contributed by atoms with Crippen molar-refractivity contribution >= 4 is 34.6 Å². The van der Waals surface area contributed by atoms with Gasteiger partial charge in [-0.3, -0.25) is 4.79 Å². The Bertz CT molecular complexity index is 1040. The molecule has 0 aliphatic heterocycles. The Balaban J connectivity index is 2.07. The van der Waals surface area contributed by atoms with Crippen molar-refractivity contribution in [2.24, 2.45) is 0 Å². The van der Waals surface area contributed by atoms with Crippen molar-refractivity contribution in [3.05, 3.63) is 59.1 Å². The van der Waals surface area contributed by atoms with Gasteiger partial charge in [0, 0.05) is 18.0 Å². The minimum Gasteiger partial charge on any atom is -0.477 e. The zero-order valence-corrected chi connectivity index (χ0v) is 17.2. The normalized spacial score (nSPS) is 12.7. The molecule has 0 unspecified atom stereocenters. The van der Waals surface area contributed by atoms with Gasteiger partial charge in [-0.25, -0.2) is 9.78 Å². The summed E-state index contributed by atoms with van der Waals surface area (Å²) in [6, 6.07) is 10.4. The number of ether oxygens (including phenoxy) is 1. The van der Waals surface area contributed by atoms with Crippen LogP contribution in [-0.2, 0) is 9.53 Å². The average molecular weight is 416 g/mol. The first-order valence-corrected chi connectivity index (χ1v) is 9.57. The van der Waals surface area contributed by atoms with Gasteiger partial charge in [0.25, 0.3) is 0 Å². The molecule has 2 heterocycles. The van der Waals surface area contributed by atoms with E-state index in [1.165, 1.54) is 12.3 Å². The monoisotopic (exact) mass is 415 g/mol. The third-order valence-electron chi connectivity index (χ3n) is 4.30. The molecule has 1 N–H and O–H groups in total. The molecule has 0 spiro atoms. The van der Waals surface area contributed by atoms with E-state index in [4.69, 9.17) is 16.3 Å². The van der Waals surface area contributed by atoms with Gasteiger partial charge in [0.05, 0.1) is 6.04 Å². The number of aromatic carboxylic acids is 1. The summed E-state index contributed by atoms with van der Waals surface area (Å²) in [5.41, 5.74) is 0.716. The zero-order valence-electron chi connectivity index (χ0n) is 16.4. The van der Waals surface area contributed by atoms with E-state index in [0.717, 1.165) is 5.56 Å². The lowest BCUT2D eigenvalue weighted by Crippen LogP contribution is -2.25. The molecule has 1 atom stereocenters. The molecule has 0 fully saturated rings. The molecule has 152 valence electrons. The Morgan fingerprint density at radius 3 is 2.55 bits per heavy atom. The highest BCUT2D eigenvalue weighted by atomic mass is 35.5. The third kappa shape index (κ3) is 4.92. The predicted molar refractivity (Wildman–Crippen MR) is 109 cm³/mol. The molecule has 0 amide bonds. The first-order valence-electron chi connectivity index (χ1n) is 9.19. The van der Waals surface area contributed by atoms with Crippen molar-refractivity contribution in [2.75, 3.05) is 0 Å². The number of carboxylic acid groups (broad SMARTS) is 1. The van der Waals surface area contributed by atoms with E-state index in [1.807, 2.05) is 30.3 Å². The highest BCUT2D eigenvalue weighted by molar-refractivity contribution is 6.28. The summed E-state index contributed by atoms with van der Waals surface area (Å²) in [5.74, 6) is -1.45. The van der Waals surface area contributed by atoms with Gasteiger partial charge in [0.2, 0.25) is 5.28 Å². The minimum atomic E-state index is -1.10. The van der Waals surface area contributed by atoms with Gasteiger partial charge in [0.1, 0.15) is 16.9 Å². The maximum atomic E-state index is 12.3. The maximum Gasteiger partial charge on any atom is 0.352 e. The summed E-state index contributed by atoms with van der Waals surface area (Å²) < 4.78 is 7.02. The molecule has 3 aromatic rings. The van der Waals surface area contributed by atoms with Crippen LogP contribution in [0.3, 0.4) is 0 Å². The first kappa shape index (κ1) is 20.8. The Labute approximate surface area is 173 Å². The number of halogens is 1. The molecule has 8 heteroatoms. The van der Waals surface area contributed by atoms with E-state index in [-0.39, 0.29) is 23.4 Å². The number of carboxylic acids is 1. The number of hydrogen-bond acceptors (Lipinski definition) is 5. The molecule has 0 aliphatic carbocycles. The summed E-state index contributed by atoms with van der Waals surface area (Å²) in [6.45, 7) is 5.42. The molecular weight excluding hydrogens is 394 g/mol. The van der Waals surface area contributed by atoms with Crippen LogP contribution in [0, 0.1) is 0 Å². The van der Waals surface area contributed by atoms with E-state index in [0.29, 0.717) is 17.5 Å². The Morgan fingerprint density at radius 2 is 1.93 bits per heavy atom. The topological polar surface area (TPSA) is 94.3 Å². The molecule has 29 heavy (non-hydrogen) atoms. The lowest BCUT2D eigenvalue weighted by atomic mass is 10.0. The molecule has 1 aromatic carbocycles. The summed E-state index contributed by atoms with van der Waals surface area (Å²) >= 11 is 5.97. The summed E-state index contributed by atoms with van der Waals surface area (Å²) in [5, 5.41) is 10.3. The lowest BCUT2D eigenvalue weighted by molar-refractivity contribution is -0.155. The largest absolute Gasteiger partial charge is 0.477 e. The fourth-order valence-electron chi connectivity index (χ4n) is 3.23. The highest BCUT2D eigenvalue weighted by Crippen LogP contribution is 2.31. The average Bonchev–Trinajstić information content (AvgIpc) is 3.00. The van der Waals surface area contributed by atoms with Gasteiger partial charge in [-0.05, 0) is 50.4 Å². The van der Waals surface area contributed by atoms with Crippen molar-refractivity contribution in [1.29, 1.82) is 0 Å². The van der Waals surface area contributed by atoms with E-state index < -0.39 is 17.6 Å². The number of carbonyl (C=O) groups excluding carboxylic acids is 1. The summed E-state index contributed by atoms with van der Waals surface area (Å²) in [6.07, 6.45) is 1.95. The first-order chi connectivity index (χ1) is 13.7. The van der Waals surface area contributed by atoms with Crippen LogP contribution in [0.15, 0.2) is 42.6 Å². The van der Waals surface area contributed by atoms with Crippen molar-refractivity contribution in [1.82, 2.24) is 14.5 Å². The molecule has 0 aliphatic rings. The van der Waals surface area contributed by atoms with Crippen LogP contribution < -0.4 is 0 Å². The van der Waals surface area contributed by atoms with Crippen LogP contribution in [0.5, 0.6) is 0 Å². The molecule has 2 aromatic heterocycles. The number of rotatable bonds is 6. The SMILES string of the molecule is CC(C)(C)OC(=O)CC[C@H](c1ccccc1)n1c(C(=O)O)cc2cnc(Cl)nc21. The summed E-state index contributed by atoms with van der Waals surface area (Å²) in [7, 11) is 0. The standard InChI is InChI=1S/C21H22ClN3O4/c1-21(2,3)29-17(26)10-9-15(13-7-5-4-6-8-13)25-16(19(27)28)11-14-12-23-20(22)24-18(14)25/h4-8,11-12,15H,9-10H2,1-3H3,(H,27,28)/t15-/m1/s1. The van der Waals surface area contributed by atoms with Crippen molar-refractivity contribution in [2.45, 2.75) is 45.3 Å². The molecule has 7 nitrogen and oxygen atoms in total. The molecule has 0 radical (unpaired) electrons. The third-order valence-corrected chi connectivity index (χ3v) is 4.49. The van der Waals surface area contributed by atoms with E-state index >= 15 is 0 Å². The van der Waals surface area contributed by atoms with Crippen LogP contribution in [0.25, 0.3) is 11.0 Å². The fraction of sp³-hybridized carbons (Fsp3) is 0.333. The molecule has 0 bridgehead atoms. The van der Waals surface area contributed by atoms with E-state index in [9.17, 15) is 14.7 Å². The van der Waals surface area contributed by atoms with E-state index in [1.54, 1.807) is 25.3 Å². The molecule has 3 rings (SSSR count). The van der Waals surface area contributed by atoms with Crippen LogP contribution >= 0.6 is 11.6 Å². The van der Waals surface area contributed by atoms with Gasteiger partial charge in [-0.1, -0.05) is 30.3 Å². The number of fused-ring (bicyclic) bond motifs is 1. The molecular formula is C21H22ClN3O4. The van der Waals surface area contributed by atoms with Gasteiger partial charge >= 0.3 is 11.9 Å². The van der Waals surface area contributed by atoms with Gasteiger partial charge in [-0.2, -0.15) is 4.98 Å². The van der Waals surface area contributed by atoms with Crippen LogP contribution in [0.2, 0.25) is 5.28 Å². The number of esters is 1. The Hall–Kier alpha value is -2.93. The van der Waals surface area contributed by atoms with Gasteiger partial charge < -0.3 is 14.4 Å². The maximum absolute atomic E-state index is 12.3. The minimum absolute atomic E-state index is 0.0211. The molecule has 0 saturated carbocycles. The fourth-order valence-corrected chi connectivity index (χ4v) is 3.36. The second-order valence-corrected chi connectivity index (χ2v) is 8.01. The van der Waals surface area contributed by atoms with Crippen LogP contribution in [0.4, 0.5) is 0 Å². The van der Waals surface area contributed by atoms with Crippen LogP contribution in [-0.4, -0.2) is 37.2 Å². The lowest BCUT2D eigenvalue weighted by Gasteiger charge is -2.23. The zero-order chi connectivity index (χ0) is 21.2. The number of hydrogen-bond donors (Lipinski definition) is 1. The smallest absolute Gasteiger partial charge is 0.352 e. The molecule has 0 saturated heterocycles. The second kappa shape index (κ2) is 8.21. The number of nitrogens with zero attached hydrogens (tertiary/aromatic N) is 3.